The second-order valence-electron chi connectivity index (χ2n) is 10.1. The van der Waals surface area contributed by atoms with Crippen LogP contribution in [-0.4, -0.2) is 91.0 Å². The fourth-order valence-electron chi connectivity index (χ4n) is 5.95. The van der Waals surface area contributed by atoms with Crippen LogP contribution in [0.2, 0.25) is 0 Å². The summed E-state index contributed by atoms with van der Waals surface area (Å²) in [7, 11) is 2.14. The van der Waals surface area contributed by atoms with Gasteiger partial charge in [0, 0.05) is 70.0 Å². The molecule has 3 atom stereocenters. The van der Waals surface area contributed by atoms with Crippen molar-refractivity contribution in [1.82, 2.24) is 20.0 Å². The molecule has 3 heterocycles. The minimum Gasteiger partial charge on any atom is -0.368 e. The molecule has 7 nitrogen and oxygen atoms in total. The maximum atomic E-state index is 13.1. The van der Waals surface area contributed by atoms with Crippen LogP contribution in [0.25, 0.3) is 0 Å². The summed E-state index contributed by atoms with van der Waals surface area (Å²) in [4.78, 5) is 35.1. The van der Waals surface area contributed by atoms with E-state index in [4.69, 9.17) is 0 Å². The number of fused-ring (bicyclic) bond motifs is 1. The van der Waals surface area contributed by atoms with E-state index < -0.39 is 0 Å². The molecule has 5 rings (SSSR count). The van der Waals surface area contributed by atoms with Crippen molar-refractivity contribution in [2.24, 2.45) is 0 Å². The quantitative estimate of drug-likeness (QED) is 0.694. The Kier molecular flexibility index (Phi) is 7.35. The van der Waals surface area contributed by atoms with E-state index in [0.717, 1.165) is 52.1 Å². The Bertz CT molecular complexity index is 993. The zero-order chi connectivity index (χ0) is 24.2. The highest BCUT2D eigenvalue weighted by Gasteiger charge is 2.45. The molecule has 35 heavy (non-hydrogen) atoms. The van der Waals surface area contributed by atoms with Crippen LogP contribution in [0.15, 0.2) is 60.7 Å². The third-order valence-electron chi connectivity index (χ3n) is 8.02. The van der Waals surface area contributed by atoms with E-state index in [2.05, 4.69) is 75.6 Å². The van der Waals surface area contributed by atoms with E-state index in [1.165, 1.54) is 11.3 Å². The Morgan fingerprint density at radius 3 is 2.34 bits per heavy atom. The van der Waals surface area contributed by atoms with Crippen molar-refractivity contribution in [1.29, 1.82) is 0 Å². The maximum Gasteiger partial charge on any atom is 0.239 e. The minimum absolute atomic E-state index is 0.126. The zero-order valence-corrected chi connectivity index (χ0v) is 20.7. The molecule has 3 saturated heterocycles. The molecule has 2 aromatic rings. The number of likely N-dealkylation sites (tertiary alicyclic amines) is 1. The van der Waals surface area contributed by atoms with Gasteiger partial charge in [-0.3, -0.25) is 19.4 Å². The maximum absolute atomic E-state index is 13.1. The minimum atomic E-state index is -0.132. The number of piperazine rings is 1. The lowest BCUT2D eigenvalue weighted by Crippen LogP contribution is -2.50. The molecule has 3 fully saturated rings. The van der Waals surface area contributed by atoms with E-state index in [1.807, 2.05) is 17.0 Å². The number of hydrogen-bond acceptors (Lipinski definition) is 5. The Labute approximate surface area is 208 Å². The molecular weight excluding hydrogens is 438 g/mol. The van der Waals surface area contributed by atoms with Crippen molar-refractivity contribution in [3.8, 4) is 0 Å². The van der Waals surface area contributed by atoms with Crippen molar-refractivity contribution in [2.75, 3.05) is 51.2 Å². The number of nitrogens with one attached hydrogen (secondary N) is 1. The number of anilines is 1. The lowest BCUT2D eigenvalue weighted by molar-refractivity contribution is -0.132. The molecular formula is C28H37N5O2. The van der Waals surface area contributed by atoms with Gasteiger partial charge in [-0.15, -0.1) is 0 Å². The van der Waals surface area contributed by atoms with Crippen LogP contribution in [0.1, 0.15) is 24.8 Å². The standard InChI is InChI=1S/C28H37N5O2/c1-30-24(12-13-26(34)32-18-16-31(17-19-32)23-10-6-3-7-11-23)20-29-28(35)27-25(30)14-15-33(27)21-22-8-4-2-5-9-22/h2-11,24-25,27H,12-21H2,1H3,(H,29,35)/t24-,25-,27-/m0/s1. The Balaban J connectivity index is 1.14. The predicted octanol–water partition coefficient (Wildman–Crippen LogP) is 2.19. The number of nitrogens with zero attached hydrogens (tertiary/aromatic N) is 4. The third-order valence-corrected chi connectivity index (χ3v) is 8.02. The molecule has 0 saturated carbocycles. The molecule has 2 aromatic carbocycles. The van der Waals surface area contributed by atoms with Gasteiger partial charge >= 0.3 is 0 Å². The summed E-state index contributed by atoms with van der Waals surface area (Å²) < 4.78 is 0. The summed E-state index contributed by atoms with van der Waals surface area (Å²) in [5, 5.41) is 3.19. The van der Waals surface area contributed by atoms with Crippen LogP contribution in [0.4, 0.5) is 5.69 Å². The van der Waals surface area contributed by atoms with Crippen molar-refractivity contribution >= 4 is 17.5 Å². The lowest BCUT2D eigenvalue weighted by atomic mass is 10.0. The molecule has 0 radical (unpaired) electrons. The molecule has 0 aliphatic carbocycles. The molecule has 2 amide bonds. The Morgan fingerprint density at radius 1 is 0.943 bits per heavy atom. The zero-order valence-electron chi connectivity index (χ0n) is 20.7. The normalized spacial score (nSPS) is 25.7. The second-order valence-corrected chi connectivity index (χ2v) is 10.1. The first kappa shape index (κ1) is 23.8. The van der Waals surface area contributed by atoms with Gasteiger partial charge in [0.05, 0.1) is 0 Å². The van der Waals surface area contributed by atoms with Crippen LogP contribution in [0, 0.1) is 0 Å². The van der Waals surface area contributed by atoms with Crippen LogP contribution in [-0.2, 0) is 16.1 Å². The lowest BCUT2D eigenvalue weighted by Gasteiger charge is -2.37. The largest absolute Gasteiger partial charge is 0.368 e. The highest BCUT2D eigenvalue weighted by molar-refractivity contribution is 5.83. The van der Waals surface area contributed by atoms with Gasteiger partial charge in [0.1, 0.15) is 6.04 Å². The summed E-state index contributed by atoms with van der Waals surface area (Å²) in [6.07, 6.45) is 2.28. The molecule has 0 aromatic heterocycles. The number of para-hydroxylation sites is 1. The summed E-state index contributed by atoms with van der Waals surface area (Å²) in [6.45, 7) is 5.60. The first-order valence-electron chi connectivity index (χ1n) is 13.0. The van der Waals surface area contributed by atoms with Crippen molar-refractivity contribution < 1.29 is 9.59 Å². The average Bonchev–Trinajstić information content (AvgIpc) is 3.27. The van der Waals surface area contributed by atoms with E-state index in [9.17, 15) is 9.59 Å². The Morgan fingerprint density at radius 2 is 1.63 bits per heavy atom. The highest BCUT2D eigenvalue weighted by atomic mass is 16.2. The first-order valence-corrected chi connectivity index (χ1v) is 13.0. The molecule has 7 heteroatoms. The van der Waals surface area contributed by atoms with Gasteiger partial charge < -0.3 is 15.1 Å². The third kappa shape index (κ3) is 5.36. The van der Waals surface area contributed by atoms with Gasteiger partial charge in [-0.2, -0.15) is 0 Å². The van der Waals surface area contributed by atoms with Gasteiger partial charge in [0.15, 0.2) is 0 Å². The number of carbonyl (C=O) groups is 2. The topological polar surface area (TPSA) is 59.1 Å². The first-order chi connectivity index (χ1) is 17.1. The van der Waals surface area contributed by atoms with E-state index in [1.54, 1.807) is 0 Å². The average molecular weight is 476 g/mol. The molecule has 186 valence electrons. The van der Waals surface area contributed by atoms with Crippen molar-refractivity contribution in [2.45, 2.75) is 43.9 Å². The van der Waals surface area contributed by atoms with E-state index in [-0.39, 0.29) is 29.9 Å². The summed E-state index contributed by atoms with van der Waals surface area (Å²) in [5.74, 6) is 0.358. The predicted molar refractivity (Wildman–Crippen MR) is 138 cm³/mol. The van der Waals surface area contributed by atoms with E-state index in [0.29, 0.717) is 13.0 Å². The van der Waals surface area contributed by atoms with Gasteiger partial charge in [-0.1, -0.05) is 48.5 Å². The fourth-order valence-corrected chi connectivity index (χ4v) is 5.95. The van der Waals surface area contributed by atoms with Gasteiger partial charge in [-0.25, -0.2) is 0 Å². The number of amides is 2. The van der Waals surface area contributed by atoms with Crippen LogP contribution in [0.5, 0.6) is 0 Å². The van der Waals surface area contributed by atoms with Crippen LogP contribution >= 0.6 is 0 Å². The monoisotopic (exact) mass is 475 g/mol. The number of hydrogen-bond donors (Lipinski definition) is 1. The summed E-state index contributed by atoms with van der Waals surface area (Å²) in [5.41, 5.74) is 2.46. The number of likely N-dealkylation sites (N-methyl/N-ethyl adjacent to an activating group) is 1. The summed E-state index contributed by atoms with van der Waals surface area (Å²) in [6, 6.07) is 21.0. The fraction of sp³-hybridized carbons (Fsp3) is 0.500. The molecule has 3 aliphatic heterocycles. The number of rotatable bonds is 6. The van der Waals surface area contributed by atoms with E-state index >= 15 is 0 Å². The van der Waals surface area contributed by atoms with Crippen molar-refractivity contribution in [3.63, 3.8) is 0 Å². The number of benzene rings is 2. The van der Waals surface area contributed by atoms with Gasteiger partial charge in [0.2, 0.25) is 11.8 Å². The molecule has 1 N–H and O–H groups in total. The molecule has 3 aliphatic rings. The van der Waals surface area contributed by atoms with Crippen LogP contribution < -0.4 is 10.2 Å². The number of carbonyl (C=O) groups excluding carboxylic acids is 2. The Hall–Kier alpha value is -2.90. The van der Waals surface area contributed by atoms with Crippen LogP contribution in [0.3, 0.4) is 0 Å². The van der Waals surface area contributed by atoms with Gasteiger partial charge in [-0.05, 0) is 37.6 Å². The van der Waals surface area contributed by atoms with Gasteiger partial charge in [0.25, 0.3) is 0 Å². The SMILES string of the molecule is CN1[C@@H](CCC(=O)N2CCN(c3ccccc3)CC2)CNC(=O)[C@@H]2[C@@H]1CCN2Cc1ccccc1. The van der Waals surface area contributed by atoms with Crippen molar-refractivity contribution in [3.05, 3.63) is 66.2 Å². The highest BCUT2D eigenvalue weighted by Crippen LogP contribution is 2.28. The molecule has 0 bridgehead atoms. The molecule has 0 unspecified atom stereocenters. The second kappa shape index (κ2) is 10.8. The molecule has 0 spiro atoms. The smallest absolute Gasteiger partial charge is 0.239 e. The summed E-state index contributed by atoms with van der Waals surface area (Å²) >= 11 is 0.